The summed E-state index contributed by atoms with van der Waals surface area (Å²) in [6.45, 7) is 3.80. The van der Waals surface area contributed by atoms with E-state index >= 15 is 0 Å². The number of nitrogens with one attached hydrogen (secondary N) is 1. The van der Waals surface area contributed by atoms with Gasteiger partial charge in [0.05, 0.1) is 11.6 Å². The zero-order valence-corrected chi connectivity index (χ0v) is 15.8. The first-order chi connectivity index (χ1) is 12.7. The zero-order chi connectivity index (χ0) is 18.8. The average molecular weight is 378 g/mol. The maximum atomic E-state index is 12.3. The van der Waals surface area contributed by atoms with Crippen molar-refractivity contribution in [3.05, 3.63) is 58.6 Å². The standard InChI is InChI=1S/C20H24ClNO4/c1-3-25-18-13-16(20(23)22-10-7-11-24-2)12-17(21)19(18)26-14-15-8-5-4-6-9-15/h4-6,8-9,12-13H,3,7,10-11,14H2,1-2H3,(H,22,23). The second-order valence-electron chi connectivity index (χ2n) is 5.59. The van der Waals surface area contributed by atoms with Gasteiger partial charge in [-0.25, -0.2) is 0 Å². The van der Waals surface area contributed by atoms with Crippen LogP contribution in [0, 0.1) is 0 Å². The Morgan fingerprint density at radius 3 is 2.62 bits per heavy atom. The van der Waals surface area contributed by atoms with E-state index in [0.29, 0.717) is 48.5 Å². The van der Waals surface area contributed by atoms with Gasteiger partial charge in [-0.1, -0.05) is 41.9 Å². The van der Waals surface area contributed by atoms with Crippen molar-refractivity contribution in [1.29, 1.82) is 0 Å². The summed E-state index contributed by atoms with van der Waals surface area (Å²) in [4.78, 5) is 12.3. The molecule has 0 saturated carbocycles. The van der Waals surface area contributed by atoms with Crippen LogP contribution in [0.1, 0.15) is 29.3 Å². The molecule has 0 bridgehead atoms. The molecular formula is C20H24ClNO4. The lowest BCUT2D eigenvalue weighted by molar-refractivity contribution is 0.0948. The van der Waals surface area contributed by atoms with Crippen LogP contribution < -0.4 is 14.8 Å². The second-order valence-corrected chi connectivity index (χ2v) is 6.00. The molecule has 26 heavy (non-hydrogen) atoms. The average Bonchev–Trinajstić information content (AvgIpc) is 2.65. The summed E-state index contributed by atoms with van der Waals surface area (Å²) in [6, 6.07) is 13.0. The Balaban J connectivity index is 2.12. The van der Waals surface area contributed by atoms with Gasteiger partial charge in [-0.15, -0.1) is 0 Å². The molecule has 0 saturated heterocycles. The number of benzene rings is 2. The zero-order valence-electron chi connectivity index (χ0n) is 15.1. The normalized spacial score (nSPS) is 10.4. The van der Waals surface area contributed by atoms with E-state index < -0.39 is 0 Å². The van der Waals surface area contributed by atoms with Crippen LogP contribution in [0.4, 0.5) is 0 Å². The van der Waals surface area contributed by atoms with Crippen molar-refractivity contribution in [2.45, 2.75) is 20.0 Å². The van der Waals surface area contributed by atoms with E-state index in [4.69, 9.17) is 25.8 Å². The third-order valence-electron chi connectivity index (χ3n) is 3.61. The monoisotopic (exact) mass is 377 g/mol. The van der Waals surface area contributed by atoms with Crippen molar-refractivity contribution < 1.29 is 19.0 Å². The molecule has 1 N–H and O–H groups in total. The fraction of sp³-hybridized carbons (Fsp3) is 0.350. The van der Waals surface area contributed by atoms with Gasteiger partial charge in [-0.05, 0) is 31.0 Å². The molecule has 0 aliphatic rings. The summed E-state index contributed by atoms with van der Waals surface area (Å²) in [5, 5.41) is 3.18. The van der Waals surface area contributed by atoms with E-state index in [2.05, 4.69) is 5.32 Å². The van der Waals surface area contributed by atoms with Crippen LogP contribution in [0.2, 0.25) is 5.02 Å². The number of rotatable bonds is 10. The highest BCUT2D eigenvalue weighted by molar-refractivity contribution is 6.32. The quantitative estimate of drug-likeness (QED) is 0.634. The predicted molar refractivity (Wildman–Crippen MR) is 102 cm³/mol. The highest BCUT2D eigenvalue weighted by Crippen LogP contribution is 2.37. The highest BCUT2D eigenvalue weighted by atomic mass is 35.5. The lowest BCUT2D eigenvalue weighted by atomic mass is 10.1. The van der Waals surface area contributed by atoms with Crippen LogP contribution in [0.15, 0.2) is 42.5 Å². The van der Waals surface area contributed by atoms with Gasteiger partial charge in [-0.3, -0.25) is 4.79 Å². The Morgan fingerprint density at radius 2 is 1.92 bits per heavy atom. The van der Waals surface area contributed by atoms with Gasteiger partial charge in [0.15, 0.2) is 11.5 Å². The first kappa shape index (κ1) is 20.1. The number of halogens is 1. The minimum atomic E-state index is -0.210. The van der Waals surface area contributed by atoms with Crippen molar-refractivity contribution in [3.63, 3.8) is 0 Å². The molecule has 0 atom stereocenters. The Morgan fingerprint density at radius 1 is 1.15 bits per heavy atom. The van der Waals surface area contributed by atoms with Crippen LogP contribution >= 0.6 is 11.6 Å². The molecule has 0 fully saturated rings. The first-order valence-corrected chi connectivity index (χ1v) is 8.93. The molecular weight excluding hydrogens is 354 g/mol. The summed E-state index contributed by atoms with van der Waals surface area (Å²) < 4.78 is 16.4. The largest absolute Gasteiger partial charge is 0.490 e. The summed E-state index contributed by atoms with van der Waals surface area (Å²) in [5.41, 5.74) is 1.45. The molecule has 1 amide bonds. The molecule has 6 heteroatoms. The van der Waals surface area contributed by atoms with Crippen LogP contribution in [0.5, 0.6) is 11.5 Å². The summed E-state index contributed by atoms with van der Waals surface area (Å²) in [6.07, 6.45) is 0.743. The van der Waals surface area contributed by atoms with Gasteiger partial charge in [0.25, 0.3) is 5.91 Å². The van der Waals surface area contributed by atoms with Crippen molar-refractivity contribution in [2.75, 3.05) is 26.9 Å². The molecule has 0 spiro atoms. The molecule has 2 aromatic carbocycles. The topological polar surface area (TPSA) is 56.8 Å². The Bertz CT molecular complexity index is 706. The van der Waals surface area contributed by atoms with Crippen LogP contribution in [0.25, 0.3) is 0 Å². The number of hydrogen-bond acceptors (Lipinski definition) is 4. The number of methoxy groups -OCH3 is 1. The van der Waals surface area contributed by atoms with Crippen LogP contribution in [-0.4, -0.2) is 32.8 Å². The molecule has 2 rings (SSSR count). The number of amides is 1. The maximum Gasteiger partial charge on any atom is 0.251 e. The summed E-state index contributed by atoms with van der Waals surface area (Å²) in [7, 11) is 1.63. The van der Waals surface area contributed by atoms with E-state index in [1.165, 1.54) is 0 Å². The Hall–Kier alpha value is -2.24. The van der Waals surface area contributed by atoms with E-state index in [1.807, 2.05) is 37.3 Å². The first-order valence-electron chi connectivity index (χ1n) is 8.56. The Labute approximate surface area is 159 Å². The Kier molecular flexibility index (Phi) is 8.25. The molecule has 2 aromatic rings. The van der Waals surface area contributed by atoms with E-state index in [0.717, 1.165) is 12.0 Å². The minimum absolute atomic E-state index is 0.210. The number of carbonyl (C=O) groups is 1. The van der Waals surface area contributed by atoms with Gasteiger partial charge in [0, 0.05) is 25.8 Å². The second kappa shape index (κ2) is 10.7. The lowest BCUT2D eigenvalue weighted by Crippen LogP contribution is -2.25. The van der Waals surface area contributed by atoms with E-state index in [1.54, 1.807) is 19.2 Å². The molecule has 0 radical (unpaired) electrons. The van der Waals surface area contributed by atoms with Crippen LogP contribution in [0.3, 0.4) is 0 Å². The van der Waals surface area contributed by atoms with Crippen molar-refractivity contribution in [2.24, 2.45) is 0 Å². The molecule has 5 nitrogen and oxygen atoms in total. The third-order valence-corrected chi connectivity index (χ3v) is 3.89. The van der Waals surface area contributed by atoms with Gasteiger partial charge in [-0.2, -0.15) is 0 Å². The molecule has 0 aromatic heterocycles. The van der Waals surface area contributed by atoms with E-state index in [-0.39, 0.29) is 5.91 Å². The van der Waals surface area contributed by atoms with Crippen LogP contribution in [-0.2, 0) is 11.3 Å². The lowest BCUT2D eigenvalue weighted by Gasteiger charge is -2.15. The van der Waals surface area contributed by atoms with Gasteiger partial charge in [0.1, 0.15) is 6.61 Å². The molecule has 0 aliphatic carbocycles. The van der Waals surface area contributed by atoms with Crippen molar-refractivity contribution in [3.8, 4) is 11.5 Å². The number of ether oxygens (including phenoxy) is 3. The number of carbonyl (C=O) groups excluding carboxylic acids is 1. The summed E-state index contributed by atoms with van der Waals surface area (Å²) in [5.74, 6) is 0.685. The van der Waals surface area contributed by atoms with E-state index in [9.17, 15) is 4.79 Å². The molecule has 140 valence electrons. The fourth-order valence-corrected chi connectivity index (χ4v) is 2.62. The summed E-state index contributed by atoms with van der Waals surface area (Å²) >= 11 is 6.36. The smallest absolute Gasteiger partial charge is 0.251 e. The molecule has 0 heterocycles. The van der Waals surface area contributed by atoms with Gasteiger partial charge < -0.3 is 19.5 Å². The van der Waals surface area contributed by atoms with Gasteiger partial charge in [0.2, 0.25) is 0 Å². The third kappa shape index (κ3) is 5.93. The highest BCUT2D eigenvalue weighted by Gasteiger charge is 2.16. The maximum absolute atomic E-state index is 12.3. The SMILES string of the molecule is CCOc1cc(C(=O)NCCCOC)cc(Cl)c1OCc1ccccc1. The molecule has 0 aliphatic heterocycles. The minimum Gasteiger partial charge on any atom is -0.490 e. The number of hydrogen-bond donors (Lipinski definition) is 1. The molecule has 0 unspecified atom stereocenters. The van der Waals surface area contributed by atoms with Gasteiger partial charge >= 0.3 is 0 Å². The predicted octanol–water partition coefficient (Wildman–Crippen LogP) is 4.08. The fourth-order valence-electron chi connectivity index (χ4n) is 2.35. The van der Waals surface area contributed by atoms with Crippen molar-refractivity contribution in [1.82, 2.24) is 5.32 Å². The van der Waals surface area contributed by atoms with Crippen molar-refractivity contribution >= 4 is 17.5 Å².